The molecule has 2 N–H and O–H groups in total. The Labute approximate surface area is 151 Å². The van der Waals surface area contributed by atoms with Crippen molar-refractivity contribution in [2.45, 2.75) is 64.1 Å². The van der Waals surface area contributed by atoms with Gasteiger partial charge < -0.3 is 20.1 Å². The molecule has 0 saturated carbocycles. The summed E-state index contributed by atoms with van der Waals surface area (Å²) in [6, 6.07) is 10.6. The normalized spacial score (nSPS) is 22.0. The Morgan fingerprint density at radius 1 is 1.36 bits per heavy atom. The Morgan fingerprint density at radius 2 is 2.04 bits per heavy atom. The molecule has 0 bridgehead atoms. The monoisotopic (exact) mass is 348 g/mol. The number of ether oxygens (including phenoxy) is 1. The van der Waals surface area contributed by atoms with E-state index in [4.69, 9.17) is 4.74 Å². The summed E-state index contributed by atoms with van der Waals surface area (Å²) in [5.41, 5.74) is 0.765. The van der Waals surface area contributed by atoms with Crippen LogP contribution in [0.3, 0.4) is 0 Å². The van der Waals surface area contributed by atoms with Crippen LogP contribution in [0.4, 0.5) is 4.79 Å². The number of hydrogen-bond donors (Lipinski definition) is 2. The average molecular weight is 348 g/mol. The van der Waals surface area contributed by atoms with E-state index in [0.29, 0.717) is 6.54 Å². The highest BCUT2D eigenvalue weighted by Gasteiger charge is 2.36. The molecule has 0 aliphatic carbocycles. The Balaban J connectivity index is 1.91. The van der Waals surface area contributed by atoms with E-state index in [1.54, 1.807) is 0 Å². The van der Waals surface area contributed by atoms with Gasteiger partial charge in [0.05, 0.1) is 0 Å². The van der Waals surface area contributed by atoms with Gasteiger partial charge in [0, 0.05) is 31.8 Å². The number of likely N-dealkylation sites (tertiary alicyclic amines) is 1. The molecule has 1 aromatic rings. The number of nitrogens with one attached hydrogen (secondary N) is 1. The third-order valence-corrected chi connectivity index (χ3v) is 4.76. The summed E-state index contributed by atoms with van der Waals surface area (Å²) >= 11 is 0. The van der Waals surface area contributed by atoms with Crippen LogP contribution in [0.25, 0.3) is 0 Å². The second-order valence-electron chi connectivity index (χ2n) is 7.84. The second-order valence-corrected chi connectivity index (χ2v) is 7.84. The molecule has 2 rings (SSSR count). The molecule has 3 unspecified atom stereocenters. The first-order chi connectivity index (χ1) is 11.8. The first kappa shape index (κ1) is 19.7. The minimum atomic E-state index is -0.470. The molecule has 1 amide bonds. The summed E-state index contributed by atoms with van der Waals surface area (Å²) in [5, 5.41) is 13.0. The predicted octanol–water partition coefficient (Wildman–Crippen LogP) is 3.14. The number of aliphatic hydroxyl groups is 1. The van der Waals surface area contributed by atoms with Crippen LogP contribution in [0, 0.1) is 0 Å². The van der Waals surface area contributed by atoms with E-state index in [9.17, 15) is 9.90 Å². The van der Waals surface area contributed by atoms with Crippen LogP contribution in [0.2, 0.25) is 0 Å². The molecule has 5 heteroatoms. The molecule has 0 aromatic heterocycles. The maximum atomic E-state index is 12.3. The standard InChI is InChI=1S/C20H32N2O3/c1-15-18(10-12-22(15)19(24)25-20(2,3)4)21-14-17(11-13-23)16-8-6-5-7-9-16/h5-9,15,17-18,21,23H,10-14H2,1-4H3. The van der Waals surface area contributed by atoms with Gasteiger partial charge in [-0.05, 0) is 52.0 Å². The molecular formula is C20H32N2O3. The lowest BCUT2D eigenvalue weighted by atomic mass is 9.95. The van der Waals surface area contributed by atoms with Crippen LogP contribution in [-0.4, -0.2) is 53.5 Å². The fourth-order valence-electron chi connectivity index (χ4n) is 3.35. The van der Waals surface area contributed by atoms with Crippen molar-refractivity contribution in [3.8, 4) is 0 Å². The molecule has 1 aliphatic heterocycles. The molecule has 1 heterocycles. The smallest absolute Gasteiger partial charge is 0.410 e. The van der Waals surface area contributed by atoms with Gasteiger partial charge in [0.15, 0.2) is 0 Å². The SMILES string of the molecule is CC1C(NCC(CCO)c2ccccc2)CCN1C(=O)OC(C)(C)C. The number of aliphatic hydroxyl groups excluding tert-OH is 1. The lowest BCUT2D eigenvalue weighted by Crippen LogP contribution is -2.45. The van der Waals surface area contributed by atoms with E-state index in [2.05, 4.69) is 24.4 Å². The van der Waals surface area contributed by atoms with Crippen LogP contribution in [0.5, 0.6) is 0 Å². The van der Waals surface area contributed by atoms with Crippen molar-refractivity contribution in [3.05, 3.63) is 35.9 Å². The Kier molecular flexibility index (Phi) is 6.85. The van der Waals surface area contributed by atoms with E-state index >= 15 is 0 Å². The van der Waals surface area contributed by atoms with Crippen LogP contribution < -0.4 is 5.32 Å². The Bertz CT molecular complexity index is 542. The predicted molar refractivity (Wildman–Crippen MR) is 99.7 cm³/mol. The number of carbonyl (C=O) groups is 1. The van der Waals surface area contributed by atoms with E-state index in [1.165, 1.54) is 5.56 Å². The highest BCUT2D eigenvalue weighted by molar-refractivity contribution is 5.69. The first-order valence-electron chi connectivity index (χ1n) is 9.20. The average Bonchev–Trinajstić information content (AvgIpc) is 2.91. The van der Waals surface area contributed by atoms with Crippen molar-refractivity contribution in [2.24, 2.45) is 0 Å². The lowest BCUT2D eigenvalue weighted by Gasteiger charge is -2.29. The van der Waals surface area contributed by atoms with Crippen molar-refractivity contribution < 1.29 is 14.6 Å². The molecule has 25 heavy (non-hydrogen) atoms. The van der Waals surface area contributed by atoms with Crippen molar-refractivity contribution in [1.29, 1.82) is 0 Å². The maximum absolute atomic E-state index is 12.3. The topological polar surface area (TPSA) is 61.8 Å². The zero-order chi connectivity index (χ0) is 18.4. The molecule has 140 valence electrons. The summed E-state index contributed by atoms with van der Waals surface area (Å²) < 4.78 is 5.50. The van der Waals surface area contributed by atoms with Crippen molar-refractivity contribution in [3.63, 3.8) is 0 Å². The molecule has 5 nitrogen and oxygen atoms in total. The van der Waals surface area contributed by atoms with Crippen molar-refractivity contribution in [2.75, 3.05) is 19.7 Å². The van der Waals surface area contributed by atoms with Crippen LogP contribution in [0.15, 0.2) is 30.3 Å². The molecule has 1 aliphatic rings. The molecule has 1 saturated heterocycles. The number of benzene rings is 1. The Hall–Kier alpha value is -1.59. The molecule has 3 atom stereocenters. The van der Waals surface area contributed by atoms with Gasteiger partial charge in [-0.1, -0.05) is 30.3 Å². The van der Waals surface area contributed by atoms with Gasteiger partial charge in [-0.3, -0.25) is 0 Å². The summed E-state index contributed by atoms with van der Waals surface area (Å²) in [4.78, 5) is 14.1. The quantitative estimate of drug-likeness (QED) is 0.829. The maximum Gasteiger partial charge on any atom is 0.410 e. The van der Waals surface area contributed by atoms with Gasteiger partial charge >= 0.3 is 6.09 Å². The summed E-state index contributed by atoms with van der Waals surface area (Å²) in [6.07, 6.45) is 1.41. The number of rotatable bonds is 6. The van der Waals surface area contributed by atoms with E-state index in [-0.39, 0.29) is 30.7 Å². The Morgan fingerprint density at radius 3 is 2.64 bits per heavy atom. The second kappa shape index (κ2) is 8.68. The molecule has 0 spiro atoms. The van der Waals surface area contributed by atoms with Crippen molar-refractivity contribution in [1.82, 2.24) is 10.2 Å². The zero-order valence-electron chi connectivity index (χ0n) is 15.9. The van der Waals surface area contributed by atoms with Crippen molar-refractivity contribution >= 4 is 6.09 Å². The number of amides is 1. The number of nitrogens with zero attached hydrogens (tertiary/aromatic N) is 1. The first-order valence-corrected chi connectivity index (χ1v) is 9.20. The molecule has 0 radical (unpaired) electrons. The number of hydrogen-bond acceptors (Lipinski definition) is 4. The van der Waals surface area contributed by atoms with E-state index in [1.807, 2.05) is 43.9 Å². The minimum Gasteiger partial charge on any atom is -0.444 e. The van der Waals surface area contributed by atoms with Gasteiger partial charge in [-0.25, -0.2) is 4.79 Å². The van der Waals surface area contributed by atoms with Crippen LogP contribution in [0.1, 0.15) is 52.0 Å². The summed E-state index contributed by atoms with van der Waals surface area (Å²) in [6.45, 7) is 9.41. The number of carbonyl (C=O) groups excluding carboxylic acids is 1. The van der Waals surface area contributed by atoms with Gasteiger partial charge in [0.2, 0.25) is 0 Å². The largest absolute Gasteiger partial charge is 0.444 e. The molecule has 1 fully saturated rings. The summed E-state index contributed by atoms with van der Waals surface area (Å²) in [7, 11) is 0. The molecule has 1 aromatic carbocycles. The van der Waals surface area contributed by atoms with E-state index < -0.39 is 5.60 Å². The summed E-state index contributed by atoms with van der Waals surface area (Å²) in [5.74, 6) is 0.272. The highest BCUT2D eigenvalue weighted by Crippen LogP contribution is 2.23. The van der Waals surface area contributed by atoms with Crippen LogP contribution >= 0.6 is 0 Å². The zero-order valence-corrected chi connectivity index (χ0v) is 15.9. The fraction of sp³-hybridized carbons (Fsp3) is 0.650. The fourth-order valence-corrected chi connectivity index (χ4v) is 3.35. The third-order valence-electron chi connectivity index (χ3n) is 4.76. The minimum absolute atomic E-state index is 0.0976. The van der Waals surface area contributed by atoms with Gasteiger partial charge in [0.1, 0.15) is 5.60 Å². The third kappa shape index (κ3) is 5.72. The van der Waals surface area contributed by atoms with E-state index in [0.717, 1.165) is 19.4 Å². The van der Waals surface area contributed by atoms with Crippen LogP contribution in [-0.2, 0) is 4.74 Å². The van der Waals surface area contributed by atoms with Gasteiger partial charge in [-0.2, -0.15) is 0 Å². The highest BCUT2D eigenvalue weighted by atomic mass is 16.6. The van der Waals surface area contributed by atoms with Gasteiger partial charge in [-0.15, -0.1) is 0 Å². The molecular weight excluding hydrogens is 316 g/mol. The van der Waals surface area contributed by atoms with Gasteiger partial charge in [0.25, 0.3) is 0 Å². The lowest BCUT2D eigenvalue weighted by molar-refractivity contribution is 0.0229.